The van der Waals surface area contributed by atoms with Crippen LogP contribution in [-0.2, 0) is 9.59 Å². The lowest BCUT2D eigenvalue weighted by Gasteiger charge is -2.13. The van der Waals surface area contributed by atoms with E-state index in [2.05, 4.69) is 5.32 Å². The molecule has 16 heavy (non-hydrogen) atoms. The number of nitrogens with zero attached hydrogens (tertiary/aromatic N) is 1. The minimum absolute atomic E-state index is 0.541. The van der Waals surface area contributed by atoms with Gasteiger partial charge >= 0.3 is 11.8 Å². The van der Waals surface area contributed by atoms with E-state index in [0.717, 1.165) is 5.69 Å². The second-order valence-corrected chi connectivity index (χ2v) is 3.37. The molecule has 1 aromatic carbocycles. The van der Waals surface area contributed by atoms with Crippen LogP contribution >= 0.6 is 0 Å². The van der Waals surface area contributed by atoms with Gasteiger partial charge in [0.25, 0.3) is 0 Å². The Bertz CT molecular complexity index is 404. The number of nitrogens with two attached hydrogens (primary N) is 1. The van der Waals surface area contributed by atoms with Crippen LogP contribution in [0.25, 0.3) is 0 Å². The average molecular weight is 222 g/mol. The average Bonchev–Trinajstić information content (AvgIpc) is 2.28. The van der Waals surface area contributed by atoms with Crippen LogP contribution in [0.5, 0.6) is 0 Å². The van der Waals surface area contributed by atoms with E-state index in [1.54, 1.807) is 23.6 Å². The molecular weight excluding hydrogens is 208 g/mol. The number of rotatable bonds is 2. The Labute approximate surface area is 93.4 Å². The number of carbonyl (C=O) groups excluding carboxylic acids is 2. The van der Waals surface area contributed by atoms with Crippen molar-refractivity contribution >= 4 is 23.2 Å². The van der Waals surface area contributed by atoms with Crippen molar-refractivity contribution in [1.82, 2.24) is 5.43 Å². The minimum Gasteiger partial charge on any atom is -0.378 e. The predicted octanol–water partition coefficient (Wildman–Crippen LogP) is -0.319. The molecule has 0 unspecified atom stereocenters. The van der Waals surface area contributed by atoms with Crippen LogP contribution in [0.3, 0.4) is 0 Å². The summed E-state index contributed by atoms with van der Waals surface area (Å²) in [6.45, 7) is 0. The first-order valence-electron chi connectivity index (χ1n) is 4.64. The second-order valence-electron chi connectivity index (χ2n) is 3.37. The zero-order valence-corrected chi connectivity index (χ0v) is 9.15. The molecule has 6 heteroatoms. The lowest BCUT2D eigenvalue weighted by molar-refractivity contribution is -0.136. The van der Waals surface area contributed by atoms with Gasteiger partial charge in [-0.05, 0) is 18.2 Å². The Morgan fingerprint density at radius 3 is 2.50 bits per heavy atom. The number of amides is 2. The number of hydrogen-bond acceptors (Lipinski definition) is 4. The fourth-order valence-electron chi connectivity index (χ4n) is 1.12. The molecule has 2 amide bonds. The third-order valence-electron chi connectivity index (χ3n) is 1.96. The van der Waals surface area contributed by atoms with Gasteiger partial charge < -0.3 is 10.2 Å². The van der Waals surface area contributed by atoms with Gasteiger partial charge in [-0.1, -0.05) is 6.07 Å². The van der Waals surface area contributed by atoms with E-state index in [4.69, 9.17) is 5.84 Å². The van der Waals surface area contributed by atoms with Gasteiger partial charge in [0.1, 0.15) is 0 Å². The summed E-state index contributed by atoms with van der Waals surface area (Å²) in [7, 11) is 3.76. The standard InChI is InChI=1S/C10H14N4O2/c1-14(2)8-5-3-4-7(6-8)12-9(15)10(16)13-11/h3-6H,11H2,1-2H3,(H,12,15)(H,13,16). The molecule has 0 bridgehead atoms. The zero-order valence-electron chi connectivity index (χ0n) is 9.15. The number of hydrogen-bond donors (Lipinski definition) is 3. The van der Waals surface area contributed by atoms with Crippen molar-refractivity contribution < 1.29 is 9.59 Å². The summed E-state index contributed by atoms with van der Waals surface area (Å²) in [6, 6.07) is 7.11. The quantitative estimate of drug-likeness (QED) is 0.277. The predicted molar refractivity (Wildman–Crippen MR) is 61.7 cm³/mol. The van der Waals surface area contributed by atoms with Crippen LogP contribution in [0, 0.1) is 0 Å². The molecule has 1 rings (SSSR count). The van der Waals surface area contributed by atoms with Crippen molar-refractivity contribution in [3.05, 3.63) is 24.3 Å². The van der Waals surface area contributed by atoms with Crippen LogP contribution < -0.4 is 21.5 Å². The fraction of sp³-hybridized carbons (Fsp3) is 0.200. The maximum atomic E-state index is 11.2. The highest BCUT2D eigenvalue weighted by Gasteiger charge is 2.11. The van der Waals surface area contributed by atoms with Gasteiger partial charge in [0, 0.05) is 25.5 Å². The molecule has 0 aliphatic rings. The van der Waals surface area contributed by atoms with Gasteiger partial charge in [-0.15, -0.1) is 0 Å². The SMILES string of the molecule is CN(C)c1cccc(NC(=O)C(=O)NN)c1. The Morgan fingerprint density at radius 1 is 1.25 bits per heavy atom. The number of hydrazine groups is 1. The molecular formula is C10H14N4O2. The summed E-state index contributed by atoms with van der Waals surface area (Å²) < 4.78 is 0. The third kappa shape index (κ3) is 2.96. The van der Waals surface area contributed by atoms with Gasteiger partial charge in [0.2, 0.25) is 0 Å². The summed E-state index contributed by atoms with van der Waals surface area (Å²) in [6.07, 6.45) is 0. The zero-order chi connectivity index (χ0) is 12.1. The molecule has 1 aromatic rings. The molecule has 6 nitrogen and oxygen atoms in total. The molecule has 4 N–H and O–H groups in total. The highest BCUT2D eigenvalue weighted by Crippen LogP contribution is 2.16. The molecule has 0 radical (unpaired) electrons. The van der Waals surface area contributed by atoms with Crippen LogP contribution in [0.1, 0.15) is 0 Å². The van der Waals surface area contributed by atoms with E-state index < -0.39 is 11.8 Å². The maximum Gasteiger partial charge on any atom is 0.323 e. The molecule has 0 heterocycles. The van der Waals surface area contributed by atoms with Crippen LogP contribution in [0.4, 0.5) is 11.4 Å². The molecule has 0 aliphatic heterocycles. The lowest BCUT2D eigenvalue weighted by atomic mass is 10.2. The number of benzene rings is 1. The van der Waals surface area contributed by atoms with Crippen LogP contribution in [0.2, 0.25) is 0 Å². The fourth-order valence-corrected chi connectivity index (χ4v) is 1.12. The molecule has 0 saturated carbocycles. The van der Waals surface area contributed by atoms with E-state index >= 15 is 0 Å². The van der Waals surface area contributed by atoms with E-state index in [9.17, 15) is 9.59 Å². The molecule has 0 fully saturated rings. The van der Waals surface area contributed by atoms with Crippen molar-refractivity contribution in [2.75, 3.05) is 24.3 Å². The van der Waals surface area contributed by atoms with Gasteiger partial charge in [-0.25, -0.2) is 5.84 Å². The first-order chi connectivity index (χ1) is 7.54. The van der Waals surface area contributed by atoms with Crippen molar-refractivity contribution in [3.8, 4) is 0 Å². The molecule has 0 spiro atoms. The molecule has 0 saturated heterocycles. The van der Waals surface area contributed by atoms with Crippen LogP contribution in [-0.4, -0.2) is 25.9 Å². The Morgan fingerprint density at radius 2 is 1.94 bits per heavy atom. The Hall–Kier alpha value is -2.08. The Kier molecular flexibility index (Phi) is 3.84. The highest BCUT2D eigenvalue weighted by molar-refractivity contribution is 6.39. The van der Waals surface area contributed by atoms with Gasteiger partial charge in [0.05, 0.1) is 0 Å². The molecule has 86 valence electrons. The first-order valence-corrected chi connectivity index (χ1v) is 4.64. The summed E-state index contributed by atoms with van der Waals surface area (Å²) in [5.41, 5.74) is 3.22. The topological polar surface area (TPSA) is 87.5 Å². The van der Waals surface area contributed by atoms with Gasteiger partial charge in [0.15, 0.2) is 0 Å². The molecule has 0 aliphatic carbocycles. The smallest absolute Gasteiger partial charge is 0.323 e. The monoisotopic (exact) mass is 222 g/mol. The Balaban J connectivity index is 2.78. The molecule has 0 atom stereocenters. The minimum atomic E-state index is -0.879. The van der Waals surface area contributed by atoms with Crippen molar-refractivity contribution in [2.24, 2.45) is 5.84 Å². The number of carbonyl (C=O) groups is 2. The summed E-state index contributed by atoms with van der Waals surface area (Å²) >= 11 is 0. The largest absolute Gasteiger partial charge is 0.378 e. The highest BCUT2D eigenvalue weighted by atomic mass is 16.2. The second kappa shape index (κ2) is 5.13. The van der Waals surface area contributed by atoms with Gasteiger partial charge in [-0.2, -0.15) is 0 Å². The van der Waals surface area contributed by atoms with E-state index in [-0.39, 0.29) is 0 Å². The first kappa shape index (κ1) is 12.0. The molecule has 0 aromatic heterocycles. The lowest BCUT2D eigenvalue weighted by Crippen LogP contribution is -2.39. The van der Waals surface area contributed by atoms with E-state index in [1.807, 2.05) is 25.1 Å². The van der Waals surface area contributed by atoms with Crippen molar-refractivity contribution in [2.45, 2.75) is 0 Å². The van der Waals surface area contributed by atoms with Crippen molar-refractivity contribution in [1.29, 1.82) is 0 Å². The number of nitrogens with one attached hydrogen (secondary N) is 2. The normalized spacial score (nSPS) is 9.44. The van der Waals surface area contributed by atoms with Crippen LogP contribution in [0.15, 0.2) is 24.3 Å². The number of anilines is 2. The van der Waals surface area contributed by atoms with Gasteiger partial charge in [-0.3, -0.25) is 15.0 Å². The van der Waals surface area contributed by atoms with Crippen molar-refractivity contribution in [3.63, 3.8) is 0 Å². The maximum absolute atomic E-state index is 11.2. The summed E-state index contributed by atoms with van der Waals surface area (Å²) in [5, 5.41) is 2.43. The third-order valence-corrected chi connectivity index (χ3v) is 1.96. The summed E-state index contributed by atoms with van der Waals surface area (Å²) in [4.78, 5) is 24.0. The summed E-state index contributed by atoms with van der Waals surface area (Å²) in [5.74, 6) is 3.16. The van der Waals surface area contributed by atoms with E-state index in [0.29, 0.717) is 5.69 Å². The van der Waals surface area contributed by atoms with E-state index in [1.165, 1.54) is 0 Å².